The zero-order chi connectivity index (χ0) is 15.3. The maximum absolute atomic E-state index is 2.55. The second-order valence-corrected chi connectivity index (χ2v) is 12.1. The summed E-state index contributed by atoms with van der Waals surface area (Å²) < 4.78 is 0. The molecule has 2 aromatic rings. The summed E-state index contributed by atoms with van der Waals surface area (Å²) in [5.41, 5.74) is 7.57. The molecule has 0 saturated carbocycles. The Bertz CT molecular complexity index is 745. The molecule has 2 unspecified atom stereocenters. The first kappa shape index (κ1) is 13.6. The highest BCUT2D eigenvalue weighted by atomic mass is 28.3. The van der Waals surface area contributed by atoms with Crippen LogP contribution in [0.5, 0.6) is 0 Å². The van der Waals surface area contributed by atoms with Crippen molar-refractivity contribution in [2.45, 2.75) is 36.0 Å². The van der Waals surface area contributed by atoms with Crippen LogP contribution in [0.15, 0.2) is 60.7 Å². The van der Waals surface area contributed by atoms with Crippen LogP contribution in [0.4, 0.5) is 0 Å². The van der Waals surface area contributed by atoms with E-state index >= 15 is 0 Å². The van der Waals surface area contributed by atoms with E-state index in [1.165, 1.54) is 36.1 Å². The Morgan fingerprint density at radius 3 is 1.65 bits per heavy atom. The number of allylic oxidation sites excluding steroid dienone is 2. The van der Waals surface area contributed by atoms with Crippen molar-refractivity contribution in [3.63, 3.8) is 0 Å². The van der Waals surface area contributed by atoms with Crippen LogP contribution in [0.3, 0.4) is 0 Å². The summed E-state index contributed by atoms with van der Waals surface area (Å²) in [5.74, 6) is 0. The SMILES string of the molecule is C1=CC([Si]2(C3C=Cc4ccccc43)CCCC2)c2ccccc21. The highest BCUT2D eigenvalue weighted by molar-refractivity contribution is 6.84. The third-order valence-electron chi connectivity index (χ3n) is 6.37. The molecule has 1 fully saturated rings. The number of hydrogen-bond donors (Lipinski definition) is 0. The van der Waals surface area contributed by atoms with Gasteiger partial charge in [0.25, 0.3) is 0 Å². The monoisotopic (exact) mass is 314 g/mol. The molecule has 0 N–H and O–H groups in total. The fourth-order valence-electron chi connectivity index (χ4n) is 5.35. The molecule has 1 heteroatoms. The van der Waals surface area contributed by atoms with Crippen molar-refractivity contribution in [2.24, 2.45) is 0 Å². The number of fused-ring (bicyclic) bond motifs is 2. The average Bonchev–Trinajstić information content (AvgIpc) is 3.32. The predicted octanol–water partition coefficient (Wildman–Crippen LogP) is 5.93. The first-order valence-corrected chi connectivity index (χ1v) is 11.5. The van der Waals surface area contributed by atoms with Crippen molar-refractivity contribution in [1.82, 2.24) is 0 Å². The van der Waals surface area contributed by atoms with Crippen LogP contribution in [0, 0.1) is 0 Å². The first-order valence-electron chi connectivity index (χ1n) is 8.93. The first-order chi connectivity index (χ1) is 11.4. The van der Waals surface area contributed by atoms with Crippen LogP contribution in [0.1, 0.15) is 46.2 Å². The Hall–Kier alpha value is -1.86. The van der Waals surface area contributed by atoms with E-state index in [-0.39, 0.29) is 0 Å². The van der Waals surface area contributed by atoms with E-state index in [1.807, 2.05) is 0 Å². The fourth-order valence-corrected chi connectivity index (χ4v) is 11.8. The molecule has 0 aromatic heterocycles. The van der Waals surface area contributed by atoms with E-state index in [2.05, 4.69) is 72.8 Å². The smallest absolute Gasteiger partial charge is 0.0774 e. The van der Waals surface area contributed by atoms with Crippen molar-refractivity contribution < 1.29 is 0 Å². The lowest BCUT2D eigenvalue weighted by Crippen LogP contribution is -2.43. The third-order valence-corrected chi connectivity index (χ3v) is 12.4. The third kappa shape index (κ3) is 1.89. The van der Waals surface area contributed by atoms with Gasteiger partial charge in [-0.3, -0.25) is 0 Å². The van der Waals surface area contributed by atoms with E-state index in [0.29, 0.717) is 11.1 Å². The Morgan fingerprint density at radius 2 is 1.13 bits per heavy atom. The molecule has 1 aliphatic heterocycles. The Morgan fingerprint density at radius 1 is 0.652 bits per heavy atom. The minimum Gasteiger partial charge on any atom is -0.0791 e. The zero-order valence-electron chi connectivity index (χ0n) is 13.4. The molecule has 3 aliphatic rings. The van der Waals surface area contributed by atoms with Crippen LogP contribution < -0.4 is 0 Å². The van der Waals surface area contributed by atoms with E-state index in [4.69, 9.17) is 0 Å². The van der Waals surface area contributed by atoms with Crippen LogP contribution in [0.2, 0.25) is 12.1 Å². The molecule has 114 valence electrons. The molecule has 0 bridgehead atoms. The molecule has 2 aromatic carbocycles. The summed E-state index contributed by atoms with van der Waals surface area (Å²) in [4.78, 5) is 0. The average molecular weight is 315 g/mol. The molecule has 0 radical (unpaired) electrons. The molecular formula is C22H22Si. The van der Waals surface area contributed by atoms with Crippen molar-refractivity contribution in [3.8, 4) is 0 Å². The summed E-state index contributed by atoms with van der Waals surface area (Å²) in [5, 5.41) is 0. The molecule has 0 nitrogen and oxygen atoms in total. The lowest BCUT2D eigenvalue weighted by Gasteiger charge is -2.39. The summed E-state index contributed by atoms with van der Waals surface area (Å²) >= 11 is 0. The molecular weight excluding hydrogens is 292 g/mol. The van der Waals surface area contributed by atoms with Gasteiger partial charge in [0.05, 0.1) is 8.07 Å². The lowest BCUT2D eigenvalue weighted by molar-refractivity contribution is 0.935. The van der Waals surface area contributed by atoms with Gasteiger partial charge in [0.1, 0.15) is 0 Å². The summed E-state index contributed by atoms with van der Waals surface area (Å²) in [6.07, 6.45) is 12.7. The quantitative estimate of drug-likeness (QED) is 0.603. The van der Waals surface area contributed by atoms with Crippen molar-refractivity contribution >= 4 is 20.2 Å². The van der Waals surface area contributed by atoms with Gasteiger partial charge in [-0.1, -0.05) is 97.8 Å². The van der Waals surface area contributed by atoms with Gasteiger partial charge in [-0.05, 0) is 33.3 Å². The fraction of sp³-hybridized carbons (Fsp3) is 0.273. The topological polar surface area (TPSA) is 0 Å². The minimum absolute atomic E-state index is 0.710. The van der Waals surface area contributed by atoms with Gasteiger partial charge in [0.2, 0.25) is 0 Å². The van der Waals surface area contributed by atoms with Crippen LogP contribution in [0.25, 0.3) is 12.2 Å². The van der Waals surface area contributed by atoms with Gasteiger partial charge >= 0.3 is 0 Å². The predicted molar refractivity (Wildman–Crippen MR) is 101 cm³/mol. The van der Waals surface area contributed by atoms with Crippen LogP contribution >= 0.6 is 0 Å². The van der Waals surface area contributed by atoms with Crippen LogP contribution in [-0.4, -0.2) is 8.07 Å². The Labute approximate surface area is 139 Å². The van der Waals surface area contributed by atoms with Crippen molar-refractivity contribution in [3.05, 3.63) is 82.9 Å². The van der Waals surface area contributed by atoms with E-state index < -0.39 is 8.07 Å². The lowest BCUT2D eigenvalue weighted by atomic mass is 10.1. The van der Waals surface area contributed by atoms with E-state index in [9.17, 15) is 0 Å². The molecule has 0 spiro atoms. The van der Waals surface area contributed by atoms with Gasteiger partial charge in [-0.15, -0.1) is 0 Å². The molecule has 0 amide bonds. The molecule has 23 heavy (non-hydrogen) atoms. The summed E-state index contributed by atoms with van der Waals surface area (Å²) in [6.45, 7) is 0. The number of hydrogen-bond acceptors (Lipinski definition) is 0. The normalized spacial score (nSPS) is 26.4. The summed E-state index contributed by atoms with van der Waals surface area (Å²) in [7, 11) is -1.44. The number of rotatable bonds is 2. The molecule has 1 saturated heterocycles. The molecule has 2 aliphatic carbocycles. The Kier molecular flexibility index (Phi) is 2.99. The minimum atomic E-state index is -1.44. The Balaban J connectivity index is 1.64. The van der Waals surface area contributed by atoms with Gasteiger partial charge < -0.3 is 0 Å². The second-order valence-electron chi connectivity index (χ2n) is 7.37. The summed E-state index contributed by atoms with van der Waals surface area (Å²) in [6, 6.07) is 21.2. The largest absolute Gasteiger partial charge is 0.0791 e. The van der Waals surface area contributed by atoms with E-state index in [0.717, 1.165) is 0 Å². The van der Waals surface area contributed by atoms with Gasteiger partial charge in [0, 0.05) is 0 Å². The maximum Gasteiger partial charge on any atom is 0.0774 e. The van der Waals surface area contributed by atoms with Gasteiger partial charge in [-0.2, -0.15) is 0 Å². The zero-order valence-corrected chi connectivity index (χ0v) is 14.4. The maximum atomic E-state index is 2.55. The van der Waals surface area contributed by atoms with Gasteiger partial charge in [0.15, 0.2) is 0 Å². The molecule has 5 rings (SSSR count). The number of benzene rings is 2. The van der Waals surface area contributed by atoms with E-state index in [1.54, 1.807) is 11.1 Å². The van der Waals surface area contributed by atoms with Crippen LogP contribution in [-0.2, 0) is 0 Å². The molecule has 2 atom stereocenters. The highest BCUT2D eigenvalue weighted by Crippen LogP contribution is 2.54. The highest BCUT2D eigenvalue weighted by Gasteiger charge is 2.50. The van der Waals surface area contributed by atoms with Crippen molar-refractivity contribution in [1.29, 1.82) is 0 Å². The molecule has 1 heterocycles. The van der Waals surface area contributed by atoms with Gasteiger partial charge in [-0.25, -0.2) is 0 Å². The second kappa shape index (κ2) is 5.07. The standard InChI is InChI=1S/C22H22Si/c1-3-9-19-17(7-1)11-13-21(19)23(15-5-6-16-23)22-14-12-18-8-2-4-10-20(18)22/h1-4,7-14,21-22H,5-6,15-16H2. The van der Waals surface area contributed by atoms with Crippen molar-refractivity contribution in [2.75, 3.05) is 0 Å².